The number of cyclic esters (lactones) is 1. The number of aryl methyl sites for hydroxylation is 1. The Morgan fingerprint density at radius 1 is 1.00 bits per heavy atom. The molecule has 3 aromatic carbocycles. The lowest BCUT2D eigenvalue weighted by Gasteiger charge is -2.00. The Balaban J connectivity index is 0.000000196. The maximum Gasteiger partial charge on any atom is 0.337 e. The van der Waals surface area contributed by atoms with Crippen LogP contribution in [0, 0.1) is 18.8 Å². The standard InChI is InChI=1S/C17H14O2.C12H12O3/c1-13-3-5-14(6-4-13)7-8-15-9-11-16(12-10-15)17(18)19-2;13-8-11-7-10(12(14)15-11)6-9-4-2-1-3-5-9/h3-6,9-12H,1-2H3;1-6,11,13H,7-8H2/b;10-6+. The second kappa shape index (κ2) is 12.2. The summed E-state index contributed by atoms with van der Waals surface area (Å²) in [7, 11) is 1.37. The molecular weight excluding hydrogens is 428 g/mol. The second-order valence-corrected chi connectivity index (χ2v) is 7.68. The lowest BCUT2D eigenvalue weighted by molar-refractivity contribution is -0.140. The summed E-state index contributed by atoms with van der Waals surface area (Å²) < 4.78 is 9.58. The third-order valence-electron chi connectivity index (χ3n) is 5.04. The van der Waals surface area contributed by atoms with E-state index in [1.807, 2.05) is 73.7 Å². The summed E-state index contributed by atoms with van der Waals surface area (Å²) in [4.78, 5) is 22.6. The monoisotopic (exact) mass is 454 g/mol. The summed E-state index contributed by atoms with van der Waals surface area (Å²) in [6, 6.07) is 24.7. The molecule has 1 N–H and O–H groups in total. The van der Waals surface area contributed by atoms with Crippen molar-refractivity contribution in [2.75, 3.05) is 13.7 Å². The van der Waals surface area contributed by atoms with Gasteiger partial charge in [0.25, 0.3) is 0 Å². The molecule has 1 heterocycles. The number of rotatable bonds is 3. The van der Waals surface area contributed by atoms with E-state index < -0.39 is 0 Å². The molecule has 0 bridgehead atoms. The number of methoxy groups -OCH3 is 1. The van der Waals surface area contributed by atoms with Crippen LogP contribution in [0.1, 0.15) is 39.0 Å². The van der Waals surface area contributed by atoms with Gasteiger partial charge < -0.3 is 14.6 Å². The van der Waals surface area contributed by atoms with Crippen LogP contribution >= 0.6 is 0 Å². The highest BCUT2D eigenvalue weighted by molar-refractivity contribution is 5.95. The molecular formula is C29H26O5. The van der Waals surface area contributed by atoms with E-state index in [1.165, 1.54) is 12.7 Å². The van der Waals surface area contributed by atoms with Crippen LogP contribution in [0.4, 0.5) is 0 Å². The van der Waals surface area contributed by atoms with Crippen LogP contribution in [0.25, 0.3) is 6.08 Å². The molecule has 5 heteroatoms. The van der Waals surface area contributed by atoms with Crippen molar-refractivity contribution in [1.29, 1.82) is 0 Å². The summed E-state index contributed by atoms with van der Waals surface area (Å²) in [6.07, 6.45) is 1.93. The molecule has 1 fully saturated rings. The lowest BCUT2D eigenvalue weighted by Crippen LogP contribution is -2.10. The van der Waals surface area contributed by atoms with E-state index in [-0.39, 0.29) is 24.6 Å². The van der Waals surface area contributed by atoms with Gasteiger partial charge in [-0.15, -0.1) is 0 Å². The molecule has 172 valence electrons. The van der Waals surface area contributed by atoms with Crippen LogP contribution in [-0.4, -0.2) is 36.9 Å². The number of hydrogen-bond acceptors (Lipinski definition) is 5. The summed E-state index contributed by atoms with van der Waals surface area (Å²) in [5.41, 5.74) is 5.19. The van der Waals surface area contributed by atoms with Gasteiger partial charge in [-0.05, 0) is 55.0 Å². The van der Waals surface area contributed by atoms with Gasteiger partial charge in [-0.25, -0.2) is 9.59 Å². The number of carbonyl (C=O) groups excluding carboxylic acids is 2. The number of esters is 2. The minimum absolute atomic E-state index is 0.113. The third-order valence-corrected chi connectivity index (χ3v) is 5.04. The first-order valence-electron chi connectivity index (χ1n) is 10.8. The normalized spacial score (nSPS) is 15.4. The van der Waals surface area contributed by atoms with Crippen LogP contribution in [0.3, 0.4) is 0 Å². The van der Waals surface area contributed by atoms with Gasteiger partial charge in [0.05, 0.1) is 19.3 Å². The smallest absolute Gasteiger partial charge is 0.337 e. The molecule has 1 unspecified atom stereocenters. The molecule has 0 amide bonds. The van der Waals surface area contributed by atoms with Crippen LogP contribution in [0.2, 0.25) is 0 Å². The Hall–Kier alpha value is -4.14. The molecule has 1 saturated heterocycles. The maximum absolute atomic E-state index is 11.3. The number of hydrogen-bond donors (Lipinski definition) is 1. The van der Waals surface area contributed by atoms with Crippen molar-refractivity contribution in [1.82, 2.24) is 0 Å². The number of benzene rings is 3. The molecule has 0 aliphatic carbocycles. The molecule has 0 aromatic heterocycles. The predicted octanol–water partition coefficient (Wildman–Crippen LogP) is 4.56. The van der Waals surface area contributed by atoms with Gasteiger partial charge in [-0.2, -0.15) is 0 Å². The zero-order valence-corrected chi connectivity index (χ0v) is 19.2. The average molecular weight is 455 g/mol. The van der Waals surface area contributed by atoms with E-state index >= 15 is 0 Å². The Bertz CT molecular complexity index is 1200. The molecule has 1 atom stereocenters. The molecule has 5 nitrogen and oxygen atoms in total. The van der Waals surface area contributed by atoms with E-state index in [1.54, 1.807) is 18.2 Å². The van der Waals surface area contributed by atoms with Crippen molar-refractivity contribution < 1.29 is 24.2 Å². The highest BCUT2D eigenvalue weighted by Crippen LogP contribution is 2.22. The Labute approximate surface area is 199 Å². The Morgan fingerprint density at radius 2 is 1.59 bits per heavy atom. The molecule has 4 rings (SSSR count). The molecule has 0 radical (unpaired) electrons. The second-order valence-electron chi connectivity index (χ2n) is 7.68. The topological polar surface area (TPSA) is 72.8 Å². The fourth-order valence-electron chi connectivity index (χ4n) is 3.16. The summed E-state index contributed by atoms with van der Waals surface area (Å²) in [5.74, 6) is 5.49. The summed E-state index contributed by atoms with van der Waals surface area (Å²) in [5, 5.41) is 8.86. The number of ether oxygens (including phenoxy) is 2. The number of aliphatic hydroxyl groups is 1. The van der Waals surface area contributed by atoms with Gasteiger partial charge in [0.15, 0.2) is 0 Å². The first-order chi connectivity index (χ1) is 16.5. The highest BCUT2D eigenvalue weighted by atomic mass is 16.6. The SMILES string of the molecule is COC(=O)c1ccc(C#Cc2ccc(C)cc2)cc1.O=C1OC(CO)C/C1=C\c1ccccc1. The van der Waals surface area contributed by atoms with Crippen LogP contribution in [0.5, 0.6) is 0 Å². The number of aliphatic hydroxyl groups excluding tert-OH is 1. The zero-order valence-electron chi connectivity index (χ0n) is 19.2. The van der Waals surface area contributed by atoms with Crippen LogP contribution in [0.15, 0.2) is 84.4 Å². The Kier molecular flexibility index (Phi) is 8.79. The van der Waals surface area contributed by atoms with E-state index in [9.17, 15) is 9.59 Å². The van der Waals surface area contributed by atoms with Crippen molar-refractivity contribution in [2.45, 2.75) is 19.4 Å². The molecule has 34 heavy (non-hydrogen) atoms. The van der Waals surface area contributed by atoms with E-state index in [0.29, 0.717) is 17.6 Å². The highest BCUT2D eigenvalue weighted by Gasteiger charge is 2.27. The van der Waals surface area contributed by atoms with Crippen molar-refractivity contribution >= 4 is 18.0 Å². The first kappa shape index (κ1) is 24.5. The van der Waals surface area contributed by atoms with Gasteiger partial charge in [0.2, 0.25) is 0 Å². The fraction of sp³-hybridized carbons (Fsp3) is 0.172. The minimum Gasteiger partial charge on any atom is -0.465 e. The largest absolute Gasteiger partial charge is 0.465 e. The zero-order chi connectivity index (χ0) is 24.3. The molecule has 0 saturated carbocycles. The van der Waals surface area contributed by atoms with Gasteiger partial charge >= 0.3 is 11.9 Å². The molecule has 0 spiro atoms. The molecule has 1 aliphatic rings. The van der Waals surface area contributed by atoms with E-state index in [0.717, 1.165) is 16.7 Å². The minimum atomic E-state index is -0.368. The summed E-state index contributed by atoms with van der Waals surface area (Å²) >= 11 is 0. The molecule has 3 aromatic rings. The van der Waals surface area contributed by atoms with Crippen molar-refractivity contribution in [3.05, 3.63) is 112 Å². The van der Waals surface area contributed by atoms with E-state index in [2.05, 4.69) is 16.6 Å². The van der Waals surface area contributed by atoms with Gasteiger partial charge in [-0.3, -0.25) is 0 Å². The maximum atomic E-state index is 11.3. The quantitative estimate of drug-likeness (QED) is 0.357. The lowest BCUT2D eigenvalue weighted by atomic mass is 10.1. The van der Waals surface area contributed by atoms with Crippen molar-refractivity contribution in [3.8, 4) is 11.8 Å². The van der Waals surface area contributed by atoms with Crippen molar-refractivity contribution in [3.63, 3.8) is 0 Å². The average Bonchev–Trinajstić information content (AvgIpc) is 3.23. The van der Waals surface area contributed by atoms with Crippen LogP contribution in [-0.2, 0) is 14.3 Å². The van der Waals surface area contributed by atoms with E-state index in [4.69, 9.17) is 9.84 Å². The predicted molar refractivity (Wildman–Crippen MR) is 131 cm³/mol. The van der Waals surface area contributed by atoms with Gasteiger partial charge in [0, 0.05) is 23.1 Å². The van der Waals surface area contributed by atoms with Crippen LogP contribution < -0.4 is 0 Å². The summed E-state index contributed by atoms with van der Waals surface area (Å²) in [6.45, 7) is 1.93. The molecule has 1 aliphatic heterocycles. The van der Waals surface area contributed by atoms with Gasteiger partial charge in [-0.1, -0.05) is 59.9 Å². The third kappa shape index (κ3) is 7.19. The van der Waals surface area contributed by atoms with Gasteiger partial charge in [0.1, 0.15) is 6.10 Å². The Morgan fingerprint density at radius 3 is 2.12 bits per heavy atom. The van der Waals surface area contributed by atoms with Crippen molar-refractivity contribution in [2.24, 2.45) is 0 Å². The fourth-order valence-corrected chi connectivity index (χ4v) is 3.16. The first-order valence-corrected chi connectivity index (χ1v) is 10.8. The number of carbonyl (C=O) groups is 2.